The van der Waals surface area contributed by atoms with E-state index >= 15 is 0 Å². The summed E-state index contributed by atoms with van der Waals surface area (Å²) in [7, 11) is 1.17. The number of nitrogens with zero attached hydrogens (tertiary/aromatic N) is 2. The van der Waals surface area contributed by atoms with Crippen LogP contribution in [0.15, 0.2) is 41.3 Å². The van der Waals surface area contributed by atoms with Gasteiger partial charge in [0.05, 0.1) is 21.5 Å². The molecule has 0 aliphatic carbocycles. The number of non-ortho nitro benzene ring substituents is 1. The standard InChI is InChI=1S/C13H10N2O4S2/c1-8-2-5-13(21-20)11(6-8)10-4-3-9(14(16)17)7-12(10)15(18)19/h2-7,20H,1H3. The molecule has 0 aromatic heterocycles. The van der Waals surface area contributed by atoms with Crippen LogP contribution in [0.25, 0.3) is 11.1 Å². The van der Waals surface area contributed by atoms with E-state index in [0.717, 1.165) is 16.5 Å². The third kappa shape index (κ3) is 3.17. The minimum atomic E-state index is -0.651. The molecular weight excluding hydrogens is 312 g/mol. The van der Waals surface area contributed by atoms with Gasteiger partial charge in [0.25, 0.3) is 11.4 Å². The van der Waals surface area contributed by atoms with Crippen LogP contribution in [0.1, 0.15) is 5.56 Å². The molecule has 2 rings (SSSR count). The Labute approximate surface area is 129 Å². The van der Waals surface area contributed by atoms with Crippen molar-refractivity contribution in [1.82, 2.24) is 0 Å². The Balaban J connectivity index is 2.71. The van der Waals surface area contributed by atoms with Crippen LogP contribution in [0.3, 0.4) is 0 Å². The maximum absolute atomic E-state index is 11.2. The van der Waals surface area contributed by atoms with Gasteiger partial charge in [-0.1, -0.05) is 28.5 Å². The summed E-state index contributed by atoms with van der Waals surface area (Å²) in [5, 5.41) is 22.0. The van der Waals surface area contributed by atoms with E-state index in [1.165, 1.54) is 22.9 Å². The first-order valence-electron chi connectivity index (χ1n) is 5.79. The van der Waals surface area contributed by atoms with E-state index in [2.05, 4.69) is 11.7 Å². The van der Waals surface area contributed by atoms with Gasteiger partial charge in [-0.05, 0) is 19.1 Å². The smallest absolute Gasteiger partial charge is 0.258 e. The van der Waals surface area contributed by atoms with Crippen LogP contribution in [-0.4, -0.2) is 9.85 Å². The Hall–Kier alpha value is -2.06. The highest BCUT2D eigenvalue weighted by Crippen LogP contribution is 2.39. The molecule has 0 saturated carbocycles. The van der Waals surface area contributed by atoms with Crippen LogP contribution in [0.2, 0.25) is 0 Å². The molecule has 0 fully saturated rings. The lowest BCUT2D eigenvalue weighted by molar-refractivity contribution is -0.393. The molecule has 0 atom stereocenters. The van der Waals surface area contributed by atoms with Gasteiger partial charge in [-0.25, -0.2) is 0 Å². The second kappa shape index (κ2) is 6.15. The Bertz CT molecular complexity index is 734. The second-order valence-corrected chi connectivity index (χ2v) is 5.48. The predicted octanol–water partition coefficient (Wildman–Crippen LogP) is 4.42. The van der Waals surface area contributed by atoms with Gasteiger partial charge >= 0.3 is 0 Å². The molecule has 0 N–H and O–H groups in total. The molecule has 0 spiro atoms. The molecule has 21 heavy (non-hydrogen) atoms. The summed E-state index contributed by atoms with van der Waals surface area (Å²) in [6.07, 6.45) is 0. The first-order valence-corrected chi connectivity index (χ1v) is 7.66. The van der Waals surface area contributed by atoms with Gasteiger partial charge in [0.2, 0.25) is 0 Å². The zero-order valence-electron chi connectivity index (χ0n) is 10.8. The molecule has 0 aliphatic rings. The fraction of sp³-hybridized carbons (Fsp3) is 0.0769. The molecule has 0 aliphatic heterocycles. The molecule has 0 saturated heterocycles. The largest absolute Gasteiger partial charge is 0.284 e. The van der Waals surface area contributed by atoms with Gasteiger partial charge in [-0.2, -0.15) is 0 Å². The number of nitro groups is 2. The molecule has 0 unspecified atom stereocenters. The van der Waals surface area contributed by atoms with Crippen molar-refractivity contribution < 1.29 is 9.85 Å². The van der Waals surface area contributed by atoms with Crippen LogP contribution < -0.4 is 0 Å². The topological polar surface area (TPSA) is 86.3 Å². The Morgan fingerprint density at radius 1 is 1.00 bits per heavy atom. The molecule has 0 radical (unpaired) electrons. The highest BCUT2D eigenvalue weighted by molar-refractivity contribution is 8.68. The molecule has 0 amide bonds. The average Bonchev–Trinajstić information content (AvgIpc) is 2.46. The van der Waals surface area contributed by atoms with Crippen LogP contribution in [0.5, 0.6) is 0 Å². The SMILES string of the molecule is Cc1ccc(SS)c(-c2ccc([N+](=O)[O-])cc2[N+](=O)[O-])c1. The minimum Gasteiger partial charge on any atom is -0.258 e. The molecule has 0 heterocycles. The lowest BCUT2D eigenvalue weighted by Gasteiger charge is -2.09. The van der Waals surface area contributed by atoms with E-state index in [1.807, 2.05) is 19.1 Å². The van der Waals surface area contributed by atoms with Crippen molar-refractivity contribution in [3.63, 3.8) is 0 Å². The lowest BCUT2D eigenvalue weighted by atomic mass is 10.0. The second-order valence-electron chi connectivity index (χ2n) is 4.31. The van der Waals surface area contributed by atoms with Gasteiger partial charge in [-0.3, -0.25) is 20.2 Å². The summed E-state index contributed by atoms with van der Waals surface area (Å²) in [5.41, 5.74) is 1.31. The van der Waals surface area contributed by atoms with Crippen molar-refractivity contribution in [2.75, 3.05) is 0 Å². The van der Waals surface area contributed by atoms with Gasteiger partial charge in [0, 0.05) is 16.5 Å². The number of hydrogen-bond acceptors (Lipinski definition) is 6. The van der Waals surface area contributed by atoms with Crippen molar-refractivity contribution in [1.29, 1.82) is 0 Å². The zero-order valence-corrected chi connectivity index (χ0v) is 12.6. The Kier molecular flexibility index (Phi) is 4.49. The summed E-state index contributed by atoms with van der Waals surface area (Å²) >= 11 is 4.14. The molecule has 8 heteroatoms. The van der Waals surface area contributed by atoms with E-state index < -0.39 is 9.85 Å². The third-order valence-electron chi connectivity index (χ3n) is 2.91. The normalized spacial score (nSPS) is 10.4. The number of aryl methyl sites for hydroxylation is 1. The van der Waals surface area contributed by atoms with E-state index in [0.29, 0.717) is 11.1 Å². The van der Waals surface area contributed by atoms with Crippen molar-refractivity contribution in [2.24, 2.45) is 0 Å². The Morgan fingerprint density at radius 2 is 1.71 bits per heavy atom. The maximum atomic E-state index is 11.2. The number of rotatable bonds is 4. The number of hydrogen-bond donors (Lipinski definition) is 1. The van der Waals surface area contributed by atoms with Crippen molar-refractivity contribution in [3.8, 4) is 11.1 Å². The van der Waals surface area contributed by atoms with E-state index in [1.54, 1.807) is 6.07 Å². The molecule has 2 aromatic carbocycles. The summed E-state index contributed by atoms with van der Waals surface area (Å²) in [5.74, 6) is 0. The van der Waals surface area contributed by atoms with Crippen LogP contribution in [-0.2, 0) is 0 Å². The number of nitro benzene ring substituents is 2. The highest BCUT2D eigenvalue weighted by Gasteiger charge is 2.22. The zero-order chi connectivity index (χ0) is 15.6. The third-order valence-corrected chi connectivity index (χ3v) is 4.06. The number of thiol groups is 1. The van der Waals surface area contributed by atoms with Gasteiger partial charge in [0.15, 0.2) is 0 Å². The molecular formula is C13H10N2O4S2. The first kappa shape index (κ1) is 15.3. The van der Waals surface area contributed by atoms with Crippen molar-refractivity contribution in [3.05, 3.63) is 62.2 Å². The Morgan fingerprint density at radius 3 is 2.29 bits per heavy atom. The van der Waals surface area contributed by atoms with E-state index in [9.17, 15) is 20.2 Å². The molecule has 6 nitrogen and oxygen atoms in total. The van der Waals surface area contributed by atoms with Crippen LogP contribution in [0, 0.1) is 27.2 Å². The van der Waals surface area contributed by atoms with Gasteiger partial charge in [0.1, 0.15) is 0 Å². The lowest BCUT2D eigenvalue weighted by Crippen LogP contribution is -1.96. The summed E-state index contributed by atoms with van der Waals surface area (Å²) in [6.45, 7) is 1.87. The summed E-state index contributed by atoms with van der Waals surface area (Å²) in [6, 6.07) is 9.13. The first-order chi connectivity index (χ1) is 9.93. The monoisotopic (exact) mass is 322 g/mol. The molecule has 0 bridgehead atoms. The molecule has 108 valence electrons. The summed E-state index contributed by atoms with van der Waals surface area (Å²) in [4.78, 5) is 21.5. The maximum Gasteiger partial charge on any atom is 0.284 e. The van der Waals surface area contributed by atoms with E-state index in [-0.39, 0.29) is 11.4 Å². The van der Waals surface area contributed by atoms with E-state index in [4.69, 9.17) is 0 Å². The fourth-order valence-corrected chi connectivity index (χ4v) is 2.82. The van der Waals surface area contributed by atoms with Crippen LogP contribution in [0.4, 0.5) is 11.4 Å². The van der Waals surface area contributed by atoms with Crippen LogP contribution >= 0.6 is 22.5 Å². The van der Waals surface area contributed by atoms with Crippen molar-refractivity contribution >= 4 is 33.8 Å². The summed E-state index contributed by atoms with van der Waals surface area (Å²) < 4.78 is 0. The predicted molar refractivity (Wildman–Crippen MR) is 84.8 cm³/mol. The highest BCUT2D eigenvalue weighted by atomic mass is 33.1. The minimum absolute atomic E-state index is 0.293. The number of benzene rings is 2. The fourth-order valence-electron chi connectivity index (χ4n) is 1.95. The molecule has 2 aromatic rings. The average molecular weight is 322 g/mol. The quantitative estimate of drug-likeness (QED) is 0.390. The van der Waals surface area contributed by atoms with Gasteiger partial charge in [-0.15, -0.1) is 11.7 Å². The van der Waals surface area contributed by atoms with Crippen molar-refractivity contribution in [2.45, 2.75) is 11.8 Å². The van der Waals surface area contributed by atoms with Gasteiger partial charge < -0.3 is 0 Å².